The van der Waals surface area contributed by atoms with Crippen LogP contribution in [0.3, 0.4) is 0 Å². The molecule has 0 aromatic carbocycles. The van der Waals surface area contributed by atoms with E-state index in [-0.39, 0.29) is 12.1 Å². The molecule has 0 amide bonds. The number of ether oxygens (including phenoxy) is 1. The van der Waals surface area contributed by atoms with Gasteiger partial charge in [0.25, 0.3) is 0 Å². The largest absolute Gasteiger partial charge is 0.463 e. The smallest absolute Gasteiger partial charge is 0.302 e. The Morgan fingerprint density at radius 2 is 1.88 bits per heavy atom. The van der Waals surface area contributed by atoms with Crippen molar-refractivity contribution in [1.82, 2.24) is 0 Å². The van der Waals surface area contributed by atoms with Gasteiger partial charge in [-0.1, -0.05) is 37.6 Å². The first kappa shape index (κ1) is 16.0. The molecule has 0 aliphatic carbocycles. The van der Waals surface area contributed by atoms with Gasteiger partial charge >= 0.3 is 5.97 Å². The summed E-state index contributed by atoms with van der Waals surface area (Å²) in [7, 11) is 0. The molecule has 0 radical (unpaired) electrons. The number of hydrogen-bond donors (Lipinski definition) is 0. The molecule has 2 nitrogen and oxygen atoms in total. The van der Waals surface area contributed by atoms with Gasteiger partial charge in [-0.3, -0.25) is 4.79 Å². The summed E-state index contributed by atoms with van der Waals surface area (Å²) in [5.74, 6) is -0.178. The van der Waals surface area contributed by atoms with Crippen molar-refractivity contribution in [2.24, 2.45) is 0 Å². The van der Waals surface area contributed by atoms with Gasteiger partial charge in [-0.25, -0.2) is 0 Å². The molecule has 0 fully saturated rings. The summed E-state index contributed by atoms with van der Waals surface area (Å²) < 4.78 is 5.06. The van der Waals surface area contributed by atoms with Gasteiger partial charge in [0.15, 0.2) is 0 Å². The molecule has 0 aliphatic rings. The molecule has 1 unspecified atom stereocenters. The molecular weight excluding hydrogens is 212 g/mol. The Hall–Kier alpha value is -1.05. The van der Waals surface area contributed by atoms with Gasteiger partial charge in [0, 0.05) is 6.92 Å². The van der Waals surface area contributed by atoms with Gasteiger partial charge in [0.05, 0.1) is 6.10 Å². The van der Waals surface area contributed by atoms with E-state index in [2.05, 4.69) is 31.2 Å². The first-order valence-electron chi connectivity index (χ1n) is 6.65. The van der Waals surface area contributed by atoms with Gasteiger partial charge < -0.3 is 4.74 Å². The average Bonchev–Trinajstić information content (AvgIpc) is 2.26. The molecule has 0 bridgehead atoms. The molecule has 0 aromatic rings. The van der Waals surface area contributed by atoms with E-state index in [0.717, 1.165) is 25.7 Å². The summed E-state index contributed by atoms with van der Waals surface area (Å²) in [6.07, 6.45) is 15.4. The standard InChI is InChI=1S/C15H26O2/c1-4-5-6-7-8-9-10-11-12-13-14(2)17-15(3)16/h5-8,14H,4,9-13H2,1-3H3/b6-5+,8-7-. The van der Waals surface area contributed by atoms with Crippen molar-refractivity contribution in [3.63, 3.8) is 0 Å². The summed E-state index contributed by atoms with van der Waals surface area (Å²) in [6.45, 7) is 5.55. The Labute approximate surface area is 106 Å². The SMILES string of the molecule is CC/C=C/C=C\CCCCCC(C)OC(C)=O. The van der Waals surface area contributed by atoms with Crippen LogP contribution < -0.4 is 0 Å². The van der Waals surface area contributed by atoms with Crippen molar-refractivity contribution >= 4 is 5.97 Å². The molecule has 0 aromatic heterocycles. The van der Waals surface area contributed by atoms with Crippen molar-refractivity contribution in [3.05, 3.63) is 24.3 Å². The van der Waals surface area contributed by atoms with Crippen molar-refractivity contribution in [2.75, 3.05) is 0 Å². The number of carbonyl (C=O) groups excluding carboxylic acids is 1. The fourth-order valence-corrected chi connectivity index (χ4v) is 1.60. The maximum absolute atomic E-state index is 10.7. The average molecular weight is 238 g/mol. The number of unbranched alkanes of at least 4 members (excludes halogenated alkanes) is 3. The Morgan fingerprint density at radius 1 is 1.18 bits per heavy atom. The first-order chi connectivity index (χ1) is 8.16. The van der Waals surface area contributed by atoms with Crippen molar-refractivity contribution in [3.8, 4) is 0 Å². The monoisotopic (exact) mass is 238 g/mol. The summed E-state index contributed by atoms with van der Waals surface area (Å²) in [6, 6.07) is 0. The van der Waals surface area contributed by atoms with Gasteiger partial charge in [-0.2, -0.15) is 0 Å². The third-order valence-corrected chi connectivity index (χ3v) is 2.47. The molecule has 0 saturated heterocycles. The van der Waals surface area contributed by atoms with E-state index in [9.17, 15) is 4.79 Å². The fourth-order valence-electron chi connectivity index (χ4n) is 1.60. The van der Waals surface area contributed by atoms with E-state index in [4.69, 9.17) is 4.74 Å². The fraction of sp³-hybridized carbons (Fsp3) is 0.667. The molecule has 0 heterocycles. The van der Waals surface area contributed by atoms with Crippen LogP contribution in [0.15, 0.2) is 24.3 Å². The number of carbonyl (C=O) groups is 1. The molecule has 17 heavy (non-hydrogen) atoms. The second-order valence-corrected chi connectivity index (χ2v) is 4.32. The van der Waals surface area contributed by atoms with Crippen LogP contribution in [0.4, 0.5) is 0 Å². The summed E-state index contributed by atoms with van der Waals surface area (Å²) in [5, 5.41) is 0. The van der Waals surface area contributed by atoms with Crippen LogP contribution in [0.2, 0.25) is 0 Å². The van der Waals surface area contributed by atoms with Crippen LogP contribution in [0.5, 0.6) is 0 Å². The Kier molecular flexibility index (Phi) is 10.7. The lowest BCUT2D eigenvalue weighted by Crippen LogP contribution is -2.11. The Morgan fingerprint density at radius 3 is 2.53 bits per heavy atom. The summed E-state index contributed by atoms with van der Waals surface area (Å²) >= 11 is 0. The second kappa shape index (κ2) is 11.4. The van der Waals surface area contributed by atoms with Gasteiger partial charge in [0.2, 0.25) is 0 Å². The van der Waals surface area contributed by atoms with Crippen LogP contribution in [0.1, 0.15) is 59.3 Å². The molecule has 0 spiro atoms. The minimum absolute atomic E-state index is 0.0653. The molecule has 0 N–H and O–H groups in total. The highest BCUT2D eigenvalue weighted by Gasteiger charge is 2.03. The van der Waals surface area contributed by atoms with E-state index in [1.807, 2.05) is 6.92 Å². The zero-order valence-electron chi connectivity index (χ0n) is 11.4. The minimum atomic E-state index is -0.178. The van der Waals surface area contributed by atoms with Crippen molar-refractivity contribution < 1.29 is 9.53 Å². The highest BCUT2D eigenvalue weighted by molar-refractivity contribution is 5.66. The number of rotatable bonds is 9. The maximum Gasteiger partial charge on any atom is 0.302 e. The van der Waals surface area contributed by atoms with Crippen LogP contribution in [-0.2, 0) is 9.53 Å². The Balaban J connectivity index is 3.31. The van der Waals surface area contributed by atoms with Crippen LogP contribution in [0.25, 0.3) is 0 Å². The molecule has 0 rings (SSSR count). The normalized spacial score (nSPS) is 13.4. The number of allylic oxidation sites excluding steroid dienone is 4. The van der Waals surface area contributed by atoms with Gasteiger partial charge in [0.1, 0.15) is 0 Å². The van der Waals surface area contributed by atoms with Gasteiger partial charge in [-0.05, 0) is 39.0 Å². The molecular formula is C15H26O2. The van der Waals surface area contributed by atoms with E-state index < -0.39 is 0 Å². The van der Waals surface area contributed by atoms with Crippen LogP contribution in [-0.4, -0.2) is 12.1 Å². The quantitative estimate of drug-likeness (QED) is 0.338. The Bertz CT molecular complexity index is 241. The predicted molar refractivity (Wildman–Crippen MR) is 72.9 cm³/mol. The molecule has 0 aliphatic heterocycles. The number of hydrogen-bond acceptors (Lipinski definition) is 2. The third-order valence-electron chi connectivity index (χ3n) is 2.47. The maximum atomic E-state index is 10.7. The lowest BCUT2D eigenvalue weighted by molar-refractivity contribution is -0.145. The highest BCUT2D eigenvalue weighted by Crippen LogP contribution is 2.08. The second-order valence-electron chi connectivity index (χ2n) is 4.32. The highest BCUT2D eigenvalue weighted by atomic mass is 16.5. The summed E-state index contributed by atoms with van der Waals surface area (Å²) in [5.41, 5.74) is 0. The van der Waals surface area contributed by atoms with Crippen LogP contribution in [0, 0.1) is 0 Å². The zero-order valence-corrected chi connectivity index (χ0v) is 11.4. The lowest BCUT2D eigenvalue weighted by atomic mass is 10.1. The van der Waals surface area contributed by atoms with E-state index in [0.29, 0.717) is 0 Å². The van der Waals surface area contributed by atoms with Gasteiger partial charge in [-0.15, -0.1) is 0 Å². The minimum Gasteiger partial charge on any atom is -0.463 e. The molecule has 2 heteroatoms. The molecule has 98 valence electrons. The lowest BCUT2D eigenvalue weighted by Gasteiger charge is -2.10. The summed E-state index contributed by atoms with van der Waals surface area (Å²) in [4.78, 5) is 10.7. The van der Waals surface area contributed by atoms with E-state index in [1.54, 1.807) is 0 Å². The molecule has 1 atom stereocenters. The first-order valence-corrected chi connectivity index (χ1v) is 6.65. The topological polar surface area (TPSA) is 26.3 Å². The third kappa shape index (κ3) is 12.9. The van der Waals surface area contributed by atoms with Crippen molar-refractivity contribution in [1.29, 1.82) is 0 Å². The van der Waals surface area contributed by atoms with Crippen LogP contribution >= 0.6 is 0 Å². The van der Waals surface area contributed by atoms with Crippen molar-refractivity contribution in [2.45, 2.75) is 65.4 Å². The van der Waals surface area contributed by atoms with E-state index in [1.165, 1.54) is 19.8 Å². The molecule has 0 saturated carbocycles. The zero-order chi connectivity index (χ0) is 12.9. The predicted octanol–water partition coefficient (Wildman–Crippen LogP) is 4.41. The number of esters is 1. The van der Waals surface area contributed by atoms with E-state index >= 15 is 0 Å².